The van der Waals surface area contributed by atoms with E-state index in [0.717, 1.165) is 12.8 Å². The summed E-state index contributed by atoms with van der Waals surface area (Å²) >= 11 is 0. The van der Waals surface area contributed by atoms with Gasteiger partial charge < -0.3 is 9.47 Å². The summed E-state index contributed by atoms with van der Waals surface area (Å²) in [5, 5.41) is 0. The van der Waals surface area contributed by atoms with Crippen LogP contribution in [0.4, 0.5) is 13.2 Å². The van der Waals surface area contributed by atoms with Crippen molar-refractivity contribution in [2.45, 2.75) is 19.2 Å². The Kier molecular flexibility index (Phi) is 2.89. The fraction of sp³-hybridized carbons (Fsp3) is 0.500. The standard InChI is InChI=1S/C10H10F3NO2/c11-10(12,13)16-8-2-1-5-14-9(8)15-6-7-3-4-7/h1-2,5,7H,3-4,6H2. The maximum atomic E-state index is 12.0. The lowest BCUT2D eigenvalue weighted by molar-refractivity contribution is -0.275. The minimum absolute atomic E-state index is 0.105. The second kappa shape index (κ2) is 4.19. The average Bonchev–Trinajstić information content (AvgIpc) is 2.98. The van der Waals surface area contributed by atoms with Crippen LogP contribution < -0.4 is 9.47 Å². The van der Waals surface area contributed by atoms with Crippen molar-refractivity contribution in [2.75, 3.05) is 6.61 Å². The number of aromatic nitrogens is 1. The lowest BCUT2D eigenvalue weighted by atomic mass is 10.4. The molecule has 1 saturated carbocycles. The summed E-state index contributed by atoms with van der Waals surface area (Å²) in [4.78, 5) is 3.72. The molecule has 0 aromatic carbocycles. The third-order valence-corrected chi connectivity index (χ3v) is 2.11. The van der Waals surface area contributed by atoms with Gasteiger partial charge in [0.2, 0.25) is 0 Å². The SMILES string of the molecule is FC(F)(F)Oc1cccnc1OCC1CC1. The molecule has 1 aliphatic carbocycles. The van der Waals surface area contributed by atoms with E-state index in [9.17, 15) is 13.2 Å². The van der Waals surface area contributed by atoms with Crippen molar-refractivity contribution in [2.24, 2.45) is 5.92 Å². The zero-order valence-electron chi connectivity index (χ0n) is 8.33. The van der Waals surface area contributed by atoms with Crippen LogP contribution in [0.1, 0.15) is 12.8 Å². The van der Waals surface area contributed by atoms with Gasteiger partial charge >= 0.3 is 6.36 Å². The third kappa shape index (κ3) is 3.29. The molecule has 16 heavy (non-hydrogen) atoms. The predicted octanol–water partition coefficient (Wildman–Crippen LogP) is 2.77. The van der Waals surface area contributed by atoms with E-state index in [2.05, 4.69) is 9.72 Å². The molecule has 0 radical (unpaired) electrons. The summed E-state index contributed by atoms with van der Waals surface area (Å²) in [5.41, 5.74) is 0. The van der Waals surface area contributed by atoms with Crippen molar-refractivity contribution in [3.05, 3.63) is 18.3 Å². The molecule has 0 spiro atoms. The minimum Gasteiger partial charge on any atom is -0.475 e. The van der Waals surface area contributed by atoms with E-state index in [1.54, 1.807) is 0 Å². The summed E-state index contributed by atoms with van der Waals surface area (Å²) < 4.78 is 45.0. The molecular weight excluding hydrogens is 223 g/mol. The molecule has 0 bridgehead atoms. The normalized spacial score (nSPS) is 15.9. The average molecular weight is 233 g/mol. The molecule has 0 saturated heterocycles. The van der Waals surface area contributed by atoms with E-state index in [1.165, 1.54) is 18.3 Å². The number of rotatable bonds is 4. The molecule has 0 unspecified atom stereocenters. The van der Waals surface area contributed by atoms with E-state index in [0.29, 0.717) is 12.5 Å². The maximum Gasteiger partial charge on any atom is 0.573 e. The molecule has 1 aromatic heterocycles. The summed E-state index contributed by atoms with van der Waals surface area (Å²) in [6.45, 7) is 0.394. The first kappa shape index (κ1) is 11.0. The Balaban J connectivity index is 2.03. The monoisotopic (exact) mass is 233 g/mol. The Morgan fingerprint density at radius 2 is 2.12 bits per heavy atom. The van der Waals surface area contributed by atoms with E-state index in [-0.39, 0.29) is 5.88 Å². The van der Waals surface area contributed by atoms with Crippen LogP contribution in [0.25, 0.3) is 0 Å². The Hall–Kier alpha value is -1.46. The van der Waals surface area contributed by atoms with Gasteiger partial charge in [-0.3, -0.25) is 0 Å². The smallest absolute Gasteiger partial charge is 0.475 e. The van der Waals surface area contributed by atoms with Gasteiger partial charge in [0, 0.05) is 6.20 Å². The van der Waals surface area contributed by atoms with Crippen LogP contribution in [0.5, 0.6) is 11.6 Å². The lowest BCUT2D eigenvalue weighted by Crippen LogP contribution is -2.18. The molecule has 1 aromatic rings. The number of ether oxygens (including phenoxy) is 2. The first-order chi connectivity index (χ1) is 7.54. The maximum absolute atomic E-state index is 12.0. The van der Waals surface area contributed by atoms with E-state index in [1.807, 2.05) is 0 Å². The first-order valence-electron chi connectivity index (χ1n) is 4.88. The Bertz CT molecular complexity index is 363. The number of nitrogens with zero attached hydrogens (tertiary/aromatic N) is 1. The highest BCUT2D eigenvalue weighted by Crippen LogP contribution is 2.33. The quantitative estimate of drug-likeness (QED) is 0.801. The zero-order chi connectivity index (χ0) is 11.6. The number of pyridine rings is 1. The van der Waals surface area contributed by atoms with Crippen LogP contribution in [0, 0.1) is 5.92 Å². The molecule has 1 fully saturated rings. The molecule has 0 atom stereocenters. The van der Waals surface area contributed by atoms with Gasteiger partial charge in [0.05, 0.1) is 6.61 Å². The van der Waals surface area contributed by atoms with Crippen LogP contribution >= 0.6 is 0 Å². The molecule has 0 amide bonds. The fourth-order valence-electron chi connectivity index (χ4n) is 1.17. The third-order valence-electron chi connectivity index (χ3n) is 2.11. The van der Waals surface area contributed by atoms with Crippen molar-refractivity contribution < 1.29 is 22.6 Å². The topological polar surface area (TPSA) is 31.4 Å². The highest BCUT2D eigenvalue weighted by Gasteiger charge is 2.33. The first-order valence-corrected chi connectivity index (χ1v) is 4.88. The van der Waals surface area contributed by atoms with Crippen molar-refractivity contribution in [1.82, 2.24) is 4.98 Å². The Labute approximate surface area is 90.2 Å². The van der Waals surface area contributed by atoms with Gasteiger partial charge in [-0.1, -0.05) is 0 Å². The second-order valence-electron chi connectivity index (χ2n) is 3.61. The van der Waals surface area contributed by atoms with Crippen molar-refractivity contribution in [1.29, 1.82) is 0 Å². The van der Waals surface area contributed by atoms with Crippen LogP contribution in [-0.4, -0.2) is 18.0 Å². The van der Waals surface area contributed by atoms with Crippen molar-refractivity contribution in [3.8, 4) is 11.6 Å². The van der Waals surface area contributed by atoms with Gasteiger partial charge in [-0.2, -0.15) is 0 Å². The molecule has 1 aliphatic rings. The van der Waals surface area contributed by atoms with E-state index >= 15 is 0 Å². The minimum atomic E-state index is -4.72. The van der Waals surface area contributed by atoms with Crippen molar-refractivity contribution >= 4 is 0 Å². The zero-order valence-corrected chi connectivity index (χ0v) is 8.33. The van der Waals surface area contributed by atoms with Gasteiger partial charge in [0.25, 0.3) is 5.88 Å². The summed E-state index contributed by atoms with van der Waals surface area (Å²) in [6.07, 6.45) is -1.24. The summed E-state index contributed by atoms with van der Waals surface area (Å²) in [5.74, 6) is -0.0527. The van der Waals surface area contributed by atoms with Gasteiger partial charge in [-0.25, -0.2) is 4.98 Å². The van der Waals surface area contributed by atoms with Crippen LogP contribution in [-0.2, 0) is 0 Å². The molecule has 3 nitrogen and oxygen atoms in total. The van der Waals surface area contributed by atoms with E-state index in [4.69, 9.17) is 4.74 Å². The van der Waals surface area contributed by atoms with Gasteiger partial charge in [0.1, 0.15) is 0 Å². The summed E-state index contributed by atoms with van der Waals surface area (Å²) in [7, 11) is 0. The summed E-state index contributed by atoms with van der Waals surface area (Å²) in [6, 6.07) is 2.55. The number of alkyl halides is 3. The predicted molar refractivity (Wildman–Crippen MR) is 49.1 cm³/mol. The van der Waals surface area contributed by atoms with Crippen LogP contribution in [0.2, 0.25) is 0 Å². The van der Waals surface area contributed by atoms with Crippen molar-refractivity contribution in [3.63, 3.8) is 0 Å². The molecule has 0 N–H and O–H groups in total. The number of hydrogen-bond donors (Lipinski definition) is 0. The van der Waals surface area contributed by atoms with Gasteiger partial charge in [-0.15, -0.1) is 13.2 Å². The van der Waals surface area contributed by atoms with Gasteiger partial charge in [0.15, 0.2) is 5.75 Å². The number of hydrogen-bond acceptors (Lipinski definition) is 3. The second-order valence-corrected chi connectivity index (χ2v) is 3.61. The Morgan fingerprint density at radius 1 is 1.38 bits per heavy atom. The molecule has 6 heteroatoms. The highest BCUT2D eigenvalue weighted by molar-refractivity contribution is 5.32. The van der Waals surface area contributed by atoms with E-state index < -0.39 is 12.1 Å². The number of halogens is 3. The van der Waals surface area contributed by atoms with Gasteiger partial charge in [-0.05, 0) is 30.9 Å². The van der Waals surface area contributed by atoms with Crippen LogP contribution in [0.3, 0.4) is 0 Å². The Morgan fingerprint density at radius 3 is 2.75 bits per heavy atom. The molecule has 1 heterocycles. The molecule has 2 rings (SSSR count). The molecule has 88 valence electrons. The lowest BCUT2D eigenvalue weighted by Gasteiger charge is -2.12. The fourth-order valence-corrected chi connectivity index (χ4v) is 1.17. The largest absolute Gasteiger partial charge is 0.573 e. The molecular formula is C10H10F3NO2. The molecule has 0 aliphatic heterocycles. The highest BCUT2D eigenvalue weighted by atomic mass is 19.4. The van der Waals surface area contributed by atoms with Crippen LogP contribution in [0.15, 0.2) is 18.3 Å².